The van der Waals surface area contributed by atoms with Gasteiger partial charge >= 0.3 is 0 Å². The first kappa shape index (κ1) is 19.5. The van der Waals surface area contributed by atoms with Gasteiger partial charge in [0.25, 0.3) is 10.0 Å². The molecule has 1 heterocycles. The van der Waals surface area contributed by atoms with E-state index in [4.69, 9.17) is 9.47 Å². The fraction of sp³-hybridized carbons (Fsp3) is 0.222. The number of hydrogen-bond acceptors (Lipinski definition) is 6. The SMILES string of the molecule is COc1ccc(NS(=O)(=O)c2ccc3c(c2)NC(=O)[C@H](C)C(=O)N3)c(OC)c1. The van der Waals surface area contributed by atoms with Gasteiger partial charge in [0.2, 0.25) is 11.8 Å². The van der Waals surface area contributed by atoms with Gasteiger partial charge in [-0.05, 0) is 37.3 Å². The summed E-state index contributed by atoms with van der Waals surface area (Å²) in [5, 5.41) is 5.15. The molecule has 0 saturated carbocycles. The summed E-state index contributed by atoms with van der Waals surface area (Å²) < 4.78 is 38.4. The summed E-state index contributed by atoms with van der Waals surface area (Å²) >= 11 is 0. The average molecular weight is 405 g/mol. The first-order valence-electron chi connectivity index (χ1n) is 8.26. The monoisotopic (exact) mass is 405 g/mol. The molecule has 0 unspecified atom stereocenters. The maximum absolute atomic E-state index is 12.8. The van der Waals surface area contributed by atoms with Gasteiger partial charge in [0.1, 0.15) is 17.4 Å². The maximum atomic E-state index is 12.8. The van der Waals surface area contributed by atoms with Crippen molar-refractivity contribution in [2.75, 3.05) is 29.6 Å². The van der Waals surface area contributed by atoms with Crippen LogP contribution in [0.2, 0.25) is 0 Å². The molecule has 0 saturated heterocycles. The zero-order valence-corrected chi connectivity index (χ0v) is 16.2. The van der Waals surface area contributed by atoms with Crippen LogP contribution in [0.5, 0.6) is 11.5 Å². The number of nitrogens with one attached hydrogen (secondary N) is 3. The number of anilines is 3. The lowest BCUT2D eigenvalue weighted by molar-refractivity contribution is -0.128. The van der Waals surface area contributed by atoms with Crippen molar-refractivity contribution in [1.82, 2.24) is 0 Å². The van der Waals surface area contributed by atoms with Gasteiger partial charge in [-0.3, -0.25) is 14.3 Å². The highest BCUT2D eigenvalue weighted by Crippen LogP contribution is 2.33. The zero-order chi connectivity index (χ0) is 20.5. The van der Waals surface area contributed by atoms with Crippen molar-refractivity contribution in [1.29, 1.82) is 0 Å². The molecule has 2 aromatic carbocycles. The Morgan fingerprint density at radius 3 is 2.25 bits per heavy atom. The number of ether oxygens (including phenoxy) is 2. The molecule has 0 aliphatic carbocycles. The number of benzene rings is 2. The molecule has 10 heteroatoms. The van der Waals surface area contributed by atoms with E-state index < -0.39 is 27.8 Å². The number of sulfonamides is 1. The predicted molar refractivity (Wildman–Crippen MR) is 103 cm³/mol. The van der Waals surface area contributed by atoms with E-state index >= 15 is 0 Å². The normalized spacial score (nSPS) is 16.3. The van der Waals surface area contributed by atoms with E-state index in [-0.39, 0.29) is 22.0 Å². The Kier molecular flexibility index (Phi) is 5.14. The third kappa shape index (κ3) is 3.72. The quantitative estimate of drug-likeness (QED) is 0.654. The number of fused-ring (bicyclic) bond motifs is 1. The lowest BCUT2D eigenvalue weighted by Gasteiger charge is -2.14. The minimum Gasteiger partial charge on any atom is -0.497 e. The summed E-state index contributed by atoms with van der Waals surface area (Å²) in [6, 6.07) is 8.69. The van der Waals surface area contributed by atoms with Crippen molar-refractivity contribution >= 4 is 38.9 Å². The van der Waals surface area contributed by atoms with Gasteiger partial charge < -0.3 is 20.1 Å². The van der Waals surface area contributed by atoms with Crippen LogP contribution in [0.1, 0.15) is 6.92 Å². The molecule has 2 amide bonds. The lowest BCUT2D eigenvalue weighted by Crippen LogP contribution is -2.28. The van der Waals surface area contributed by atoms with E-state index in [1.165, 1.54) is 45.4 Å². The van der Waals surface area contributed by atoms with Crippen LogP contribution in [0.15, 0.2) is 41.3 Å². The lowest BCUT2D eigenvalue weighted by atomic mass is 10.1. The van der Waals surface area contributed by atoms with Crippen LogP contribution in [0.4, 0.5) is 17.1 Å². The number of carbonyl (C=O) groups is 2. The summed E-state index contributed by atoms with van der Waals surface area (Å²) in [6.45, 7) is 1.46. The van der Waals surface area contributed by atoms with Crippen molar-refractivity contribution in [3.05, 3.63) is 36.4 Å². The highest BCUT2D eigenvalue weighted by atomic mass is 32.2. The molecule has 2 aromatic rings. The molecule has 0 spiro atoms. The average Bonchev–Trinajstić information content (AvgIpc) is 2.78. The molecule has 28 heavy (non-hydrogen) atoms. The Hall–Kier alpha value is -3.27. The molecule has 3 rings (SSSR count). The minimum atomic E-state index is -3.99. The second-order valence-electron chi connectivity index (χ2n) is 6.08. The first-order valence-corrected chi connectivity index (χ1v) is 9.74. The van der Waals surface area contributed by atoms with Gasteiger partial charge in [0.05, 0.1) is 36.2 Å². The van der Waals surface area contributed by atoms with Crippen LogP contribution in [0.25, 0.3) is 0 Å². The van der Waals surface area contributed by atoms with Gasteiger partial charge in [-0.2, -0.15) is 0 Å². The number of amides is 2. The third-order valence-electron chi connectivity index (χ3n) is 4.26. The van der Waals surface area contributed by atoms with Crippen molar-refractivity contribution in [2.24, 2.45) is 5.92 Å². The Balaban J connectivity index is 1.95. The van der Waals surface area contributed by atoms with Crippen molar-refractivity contribution in [3.8, 4) is 11.5 Å². The molecular formula is C18H19N3O6S. The smallest absolute Gasteiger partial charge is 0.262 e. The van der Waals surface area contributed by atoms with Crippen molar-refractivity contribution in [2.45, 2.75) is 11.8 Å². The summed E-state index contributed by atoms with van der Waals surface area (Å²) in [7, 11) is -1.09. The maximum Gasteiger partial charge on any atom is 0.262 e. The molecule has 148 valence electrons. The summed E-state index contributed by atoms with van der Waals surface area (Å²) in [6.07, 6.45) is 0. The molecule has 0 radical (unpaired) electrons. The van der Waals surface area contributed by atoms with Gasteiger partial charge in [0, 0.05) is 6.07 Å². The molecule has 9 nitrogen and oxygen atoms in total. The highest BCUT2D eigenvalue weighted by Gasteiger charge is 2.28. The van der Waals surface area contributed by atoms with Crippen molar-refractivity contribution in [3.63, 3.8) is 0 Å². The first-order chi connectivity index (χ1) is 13.2. The summed E-state index contributed by atoms with van der Waals surface area (Å²) in [4.78, 5) is 23.8. The molecule has 0 aromatic heterocycles. The van der Waals surface area contributed by atoms with Gasteiger partial charge in [-0.25, -0.2) is 8.42 Å². The topological polar surface area (TPSA) is 123 Å². The van der Waals surface area contributed by atoms with E-state index in [1.807, 2.05) is 0 Å². The van der Waals surface area contributed by atoms with Gasteiger partial charge in [0.15, 0.2) is 0 Å². The Morgan fingerprint density at radius 1 is 0.929 bits per heavy atom. The molecular weight excluding hydrogens is 386 g/mol. The van der Waals surface area contributed by atoms with E-state index in [0.717, 1.165) is 0 Å². The van der Waals surface area contributed by atoms with Crippen LogP contribution < -0.4 is 24.8 Å². The Labute approximate surface area is 162 Å². The van der Waals surface area contributed by atoms with Crippen LogP contribution in [-0.4, -0.2) is 34.5 Å². The van der Waals surface area contributed by atoms with E-state index in [9.17, 15) is 18.0 Å². The molecule has 3 N–H and O–H groups in total. The minimum absolute atomic E-state index is 0.0896. The standard InChI is InChI=1S/C18H19N3O6S/c1-10-17(22)19-13-7-5-12(9-15(13)20-18(10)23)28(24,25)21-14-6-4-11(26-2)8-16(14)27-3/h4-10,21H,1-3H3,(H,19,22)(H,20,23)/t10-/m1/s1. The summed E-state index contributed by atoms with van der Waals surface area (Å²) in [5.74, 6) is -1.08. The van der Waals surface area contributed by atoms with Crippen LogP contribution in [-0.2, 0) is 19.6 Å². The Morgan fingerprint density at radius 2 is 1.61 bits per heavy atom. The molecule has 0 bridgehead atoms. The number of methoxy groups -OCH3 is 2. The van der Waals surface area contributed by atoms with E-state index in [1.54, 1.807) is 12.1 Å². The van der Waals surface area contributed by atoms with Crippen molar-refractivity contribution < 1.29 is 27.5 Å². The molecule has 1 aliphatic rings. The van der Waals surface area contributed by atoms with Gasteiger partial charge in [-0.15, -0.1) is 0 Å². The van der Waals surface area contributed by atoms with E-state index in [0.29, 0.717) is 11.4 Å². The molecule has 0 fully saturated rings. The number of hydrogen-bond donors (Lipinski definition) is 3. The second kappa shape index (κ2) is 7.39. The fourth-order valence-electron chi connectivity index (χ4n) is 2.59. The number of rotatable bonds is 5. The molecule has 1 atom stereocenters. The Bertz CT molecular complexity index is 1050. The number of carbonyl (C=O) groups excluding carboxylic acids is 2. The van der Waals surface area contributed by atoms with Gasteiger partial charge in [-0.1, -0.05) is 0 Å². The predicted octanol–water partition coefficient (Wildman–Crippen LogP) is 2.03. The molecule has 1 aliphatic heterocycles. The highest BCUT2D eigenvalue weighted by molar-refractivity contribution is 7.92. The second-order valence-corrected chi connectivity index (χ2v) is 7.76. The van der Waals surface area contributed by atoms with Crippen LogP contribution in [0.3, 0.4) is 0 Å². The fourth-order valence-corrected chi connectivity index (χ4v) is 3.69. The largest absolute Gasteiger partial charge is 0.497 e. The van der Waals surface area contributed by atoms with Crippen LogP contribution in [0, 0.1) is 5.92 Å². The third-order valence-corrected chi connectivity index (χ3v) is 5.62. The van der Waals surface area contributed by atoms with E-state index in [2.05, 4.69) is 15.4 Å². The summed E-state index contributed by atoms with van der Waals surface area (Å²) in [5.41, 5.74) is 0.750. The zero-order valence-electron chi connectivity index (χ0n) is 15.4. The van der Waals surface area contributed by atoms with Crippen LogP contribution >= 0.6 is 0 Å².